The van der Waals surface area contributed by atoms with E-state index < -0.39 is 15.5 Å². The second-order valence-corrected chi connectivity index (χ2v) is 4.60. The zero-order valence-corrected chi connectivity index (χ0v) is 12.0. The molecular formula is C14H12N4O5. The molecule has 0 unspecified atom stereocenters. The summed E-state index contributed by atoms with van der Waals surface area (Å²) in [5, 5.41) is 27.2. The quantitative estimate of drug-likeness (QED) is 0.644. The van der Waals surface area contributed by atoms with Gasteiger partial charge in [-0.05, 0) is 24.3 Å². The average molecular weight is 316 g/mol. The lowest BCUT2D eigenvalue weighted by molar-refractivity contribution is -0.393. The van der Waals surface area contributed by atoms with Crippen molar-refractivity contribution in [2.75, 3.05) is 10.6 Å². The smallest absolute Gasteiger partial charge is 0.299 e. The van der Waals surface area contributed by atoms with Crippen LogP contribution in [-0.4, -0.2) is 15.8 Å². The number of carbonyl (C=O) groups excluding carboxylic acids is 1. The van der Waals surface area contributed by atoms with Gasteiger partial charge in [0.2, 0.25) is 5.91 Å². The van der Waals surface area contributed by atoms with Gasteiger partial charge < -0.3 is 10.6 Å². The van der Waals surface area contributed by atoms with E-state index in [2.05, 4.69) is 10.6 Å². The van der Waals surface area contributed by atoms with Gasteiger partial charge in [0.15, 0.2) is 0 Å². The minimum absolute atomic E-state index is 0.112. The molecule has 0 saturated carbocycles. The molecule has 0 bridgehead atoms. The van der Waals surface area contributed by atoms with Crippen LogP contribution < -0.4 is 10.6 Å². The standard InChI is InChI=1S/C14H12N4O5/c1-9(19)15-10-3-2-4-11(7-10)16-13-6-5-12(17(20)21)8-14(13)18(22)23/h2-8,16H,1H3,(H,15,19). The third-order valence-corrected chi connectivity index (χ3v) is 2.85. The van der Waals surface area contributed by atoms with Crippen molar-refractivity contribution in [3.8, 4) is 0 Å². The summed E-state index contributed by atoms with van der Waals surface area (Å²) >= 11 is 0. The van der Waals surface area contributed by atoms with Gasteiger partial charge in [-0.15, -0.1) is 0 Å². The normalized spacial score (nSPS) is 9.96. The van der Waals surface area contributed by atoms with Crippen LogP contribution in [0.2, 0.25) is 0 Å². The van der Waals surface area contributed by atoms with Crippen LogP contribution in [0.25, 0.3) is 0 Å². The maximum Gasteiger partial charge on any atom is 0.299 e. The second kappa shape index (κ2) is 6.52. The fourth-order valence-electron chi connectivity index (χ4n) is 1.92. The van der Waals surface area contributed by atoms with Gasteiger partial charge in [-0.25, -0.2) is 0 Å². The topological polar surface area (TPSA) is 127 Å². The van der Waals surface area contributed by atoms with Crippen LogP contribution in [0.5, 0.6) is 0 Å². The van der Waals surface area contributed by atoms with Gasteiger partial charge in [0.25, 0.3) is 11.4 Å². The van der Waals surface area contributed by atoms with Crippen molar-refractivity contribution in [1.82, 2.24) is 0 Å². The molecule has 0 saturated heterocycles. The highest BCUT2D eigenvalue weighted by molar-refractivity contribution is 5.89. The van der Waals surface area contributed by atoms with E-state index in [1.165, 1.54) is 19.1 Å². The van der Waals surface area contributed by atoms with Crippen molar-refractivity contribution in [3.05, 3.63) is 62.7 Å². The summed E-state index contributed by atoms with van der Waals surface area (Å²) in [4.78, 5) is 31.4. The van der Waals surface area contributed by atoms with E-state index in [0.29, 0.717) is 11.4 Å². The Bertz CT molecular complexity index is 790. The Kier molecular flexibility index (Phi) is 4.50. The highest BCUT2D eigenvalue weighted by atomic mass is 16.6. The monoisotopic (exact) mass is 316 g/mol. The number of nitro benzene ring substituents is 2. The van der Waals surface area contributed by atoms with Crippen LogP contribution in [0.3, 0.4) is 0 Å². The van der Waals surface area contributed by atoms with Gasteiger partial charge in [-0.1, -0.05) is 6.07 Å². The molecule has 2 aromatic rings. The van der Waals surface area contributed by atoms with Crippen LogP contribution in [0, 0.1) is 20.2 Å². The minimum atomic E-state index is -0.701. The zero-order chi connectivity index (χ0) is 17.0. The molecule has 1 amide bonds. The Hall–Kier alpha value is -3.49. The van der Waals surface area contributed by atoms with Gasteiger partial charge in [-0.2, -0.15) is 0 Å². The lowest BCUT2D eigenvalue weighted by atomic mass is 10.2. The third kappa shape index (κ3) is 4.00. The molecule has 0 aromatic heterocycles. The number of hydrogen-bond donors (Lipinski definition) is 2. The number of nitro groups is 2. The Labute approximate surface area is 130 Å². The van der Waals surface area contributed by atoms with Crippen molar-refractivity contribution in [1.29, 1.82) is 0 Å². The molecule has 0 heterocycles. The first-order valence-corrected chi connectivity index (χ1v) is 6.44. The molecule has 0 aliphatic heterocycles. The third-order valence-electron chi connectivity index (χ3n) is 2.85. The van der Waals surface area contributed by atoms with Gasteiger partial charge in [0, 0.05) is 24.4 Å². The Morgan fingerprint density at radius 2 is 1.70 bits per heavy atom. The molecule has 2 N–H and O–H groups in total. The molecule has 118 valence electrons. The number of non-ortho nitro benzene ring substituents is 1. The van der Waals surface area contributed by atoms with Gasteiger partial charge in [0.05, 0.1) is 15.9 Å². The molecule has 0 radical (unpaired) electrons. The predicted molar refractivity (Wildman–Crippen MR) is 83.8 cm³/mol. The summed E-state index contributed by atoms with van der Waals surface area (Å²) in [5.74, 6) is -0.247. The molecular weight excluding hydrogens is 304 g/mol. The molecule has 0 fully saturated rings. The highest BCUT2D eigenvalue weighted by Crippen LogP contribution is 2.31. The van der Waals surface area contributed by atoms with Crippen molar-refractivity contribution in [3.63, 3.8) is 0 Å². The number of hydrogen-bond acceptors (Lipinski definition) is 6. The van der Waals surface area contributed by atoms with Crippen LogP contribution in [0.15, 0.2) is 42.5 Å². The highest BCUT2D eigenvalue weighted by Gasteiger charge is 2.19. The van der Waals surface area contributed by atoms with E-state index in [9.17, 15) is 25.0 Å². The molecule has 0 aliphatic rings. The number of amides is 1. The zero-order valence-electron chi connectivity index (χ0n) is 12.0. The second-order valence-electron chi connectivity index (χ2n) is 4.60. The molecule has 9 nitrogen and oxygen atoms in total. The number of anilines is 3. The van der Waals surface area contributed by atoms with Crippen molar-refractivity contribution in [2.45, 2.75) is 6.92 Å². The van der Waals surface area contributed by atoms with E-state index in [1.807, 2.05) is 0 Å². The van der Waals surface area contributed by atoms with Crippen molar-refractivity contribution in [2.24, 2.45) is 0 Å². The first-order chi connectivity index (χ1) is 10.9. The van der Waals surface area contributed by atoms with E-state index in [4.69, 9.17) is 0 Å². The average Bonchev–Trinajstić information content (AvgIpc) is 2.46. The fourth-order valence-corrected chi connectivity index (χ4v) is 1.92. The molecule has 2 aromatic carbocycles. The van der Waals surface area contributed by atoms with Crippen molar-refractivity contribution < 1.29 is 14.6 Å². The van der Waals surface area contributed by atoms with Crippen LogP contribution in [0.1, 0.15) is 6.92 Å². The van der Waals surface area contributed by atoms with E-state index in [1.54, 1.807) is 24.3 Å². The van der Waals surface area contributed by atoms with Crippen LogP contribution >= 0.6 is 0 Å². The summed E-state index contributed by atoms with van der Waals surface area (Å²) in [6, 6.07) is 9.89. The lowest BCUT2D eigenvalue weighted by Crippen LogP contribution is -2.06. The summed E-state index contributed by atoms with van der Waals surface area (Å²) in [6.45, 7) is 1.36. The Morgan fingerprint density at radius 3 is 2.30 bits per heavy atom. The van der Waals surface area contributed by atoms with Crippen LogP contribution in [0.4, 0.5) is 28.4 Å². The fraction of sp³-hybridized carbons (Fsp3) is 0.0714. The number of rotatable bonds is 5. The molecule has 9 heteroatoms. The van der Waals surface area contributed by atoms with E-state index in [0.717, 1.165) is 6.07 Å². The molecule has 0 atom stereocenters. The van der Waals surface area contributed by atoms with Crippen LogP contribution in [-0.2, 0) is 4.79 Å². The number of carbonyl (C=O) groups is 1. The summed E-state index contributed by atoms with van der Waals surface area (Å²) < 4.78 is 0. The molecule has 23 heavy (non-hydrogen) atoms. The summed E-state index contributed by atoms with van der Waals surface area (Å²) in [6.07, 6.45) is 0. The first kappa shape index (κ1) is 15.9. The maximum absolute atomic E-state index is 11.1. The number of nitrogens with one attached hydrogen (secondary N) is 2. The maximum atomic E-state index is 11.1. The molecule has 2 rings (SSSR count). The predicted octanol–water partition coefficient (Wildman–Crippen LogP) is 3.21. The van der Waals surface area contributed by atoms with E-state index >= 15 is 0 Å². The number of benzene rings is 2. The van der Waals surface area contributed by atoms with Gasteiger partial charge in [-0.3, -0.25) is 25.0 Å². The van der Waals surface area contributed by atoms with E-state index in [-0.39, 0.29) is 17.3 Å². The largest absolute Gasteiger partial charge is 0.350 e. The minimum Gasteiger partial charge on any atom is -0.350 e. The molecule has 0 spiro atoms. The van der Waals surface area contributed by atoms with Gasteiger partial charge in [0.1, 0.15) is 5.69 Å². The number of nitrogens with zero attached hydrogens (tertiary/aromatic N) is 2. The Balaban J connectivity index is 2.34. The Morgan fingerprint density at radius 1 is 1.00 bits per heavy atom. The molecule has 0 aliphatic carbocycles. The first-order valence-electron chi connectivity index (χ1n) is 6.44. The summed E-state index contributed by atoms with van der Waals surface area (Å²) in [5.41, 5.74) is 0.347. The SMILES string of the molecule is CC(=O)Nc1cccc(Nc2ccc([N+](=O)[O-])cc2[N+](=O)[O-])c1. The van der Waals surface area contributed by atoms with Crippen molar-refractivity contribution >= 4 is 34.3 Å². The lowest BCUT2D eigenvalue weighted by Gasteiger charge is -2.09. The summed E-state index contributed by atoms with van der Waals surface area (Å²) in [7, 11) is 0. The van der Waals surface area contributed by atoms with Gasteiger partial charge >= 0.3 is 0 Å².